The van der Waals surface area contributed by atoms with E-state index in [0.717, 1.165) is 15.9 Å². The van der Waals surface area contributed by atoms with Crippen molar-refractivity contribution in [2.24, 2.45) is 5.16 Å². The Labute approximate surface area is 148 Å². The molecule has 126 valence electrons. The molecule has 2 aromatic rings. The number of aryl methyl sites for hydroxylation is 1. The van der Waals surface area contributed by atoms with Crippen LogP contribution in [0.3, 0.4) is 0 Å². The van der Waals surface area contributed by atoms with Gasteiger partial charge in [0.25, 0.3) is 0 Å². The van der Waals surface area contributed by atoms with E-state index in [0.29, 0.717) is 23.5 Å². The van der Waals surface area contributed by atoms with Gasteiger partial charge in [-0.2, -0.15) is 0 Å². The monoisotopic (exact) mass is 392 g/mol. The third-order valence-corrected chi connectivity index (χ3v) is 4.25. The summed E-state index contributed by atoms with van der Waals surface area (Å²) in [6.45, 7) is 4.96. The summed E-state index contributed by atoms with van der Waals surface area (Å²) in [5, 5.41) is 3.88. The highest BCUT2D eigenvalue weighted by Gasteiger charge is 2.24. The van der Waals surface area contributed by atoms with Crippen molar-refractivity contribution >= 4 is 20.6 Å². The van der Waals surface area contributed by atoms with E-state index < -0.39 is 5.67 Å². The predicted octanol–water partition coefficient (Wildman–Crippen LogP) is 5.56. The SMILES string of the molecule is Cc1cnc(C2CC(Br)=NO2)cc1Oc1cccc(C(C)(C)F)c1. The van der Waals surface area contributed by atoms with Crippen molar-refractivity contribution in [1.29, 1.82) is 0 Å². The van der Waals surface area contributed by atoms with Crippen LogP contribution in [-0.4, -0.2) is 9.60 Å². The summed E-state index contributed by atoms with van der Waals surface area (Å²) in [6.07, 6.45) is 2.16. The second-order valence-electron chi connectivity index (χ2n) is 6.24. The first kappa shape index (κ1) is 16.9. The molecule has 0 bridgehead atoms. The Hall–Kier alpha value is -1.95. The number of halogens is 2. The van der Waals surface area contributed by atoms with Gasteiger partial charge in [-0.1, -0.05) is 17.3 Å². The third-order valence-electron chi connectivity index (χ3n) is 3.79. The minimum atomic E-state index is -1.42. The van der Waals surface area contributed by atoms with Crippen LogP contribution in [0.15, 0.2) is 41.7 Å². The van der Waals surface area contributed by atoms with Crippen molar-refractivity contribution < 1.29 is 14.0 Å². The van der Waals surface area contributed by atoms with Crippen molar-refractivity contribution in [3.8, 4) is 11.5 Å². The van der Waals surface area contributed by atoms with E-state index >= 15 is 0 Å². The van der Waals surface area contributed by atoms with Crippen LogP contribution in [0, 0.1) is 6.92 Å². The smallest absolute Gasteiger partial charge is 0.175 e. The predicted molar refractivity (Wildman–Crippen MR) is 94.4 cm³/mol. The molecule has 3 rings (SSSR count). The highest BCUT2D eigenvalue weighted by molar-refractivity contribution is 9.18. The highest BCUT2D eigenvalue weighted by Crippen LogP contribution is 2.34. The zero-order valence-corrected chi connectivity index (χ0v) is 15.3. The van der Waals surface area contributed by atoms with Gasteiger partial charge in [0.05, 0.1) is 5.69 Å². The fourth-order valence-electron chi connectivity index (χ4n) is 2.37. The molecule has 1 aromatic carbocycles. The van der Waals surface area contributed by atoms with E-state index in [1.165, 1.54) is 13.8 Å². The zero-order chi connectivity index (χ0) is 17.3. The molecule has 2 heterocycles. The van der Waals surface area contributed by atoms with Crippen LogP contribution in [0.2, 0.25) is 0 Å². The molecule has 6 heteroatoms. The number of rotatable bonds is 4. The number of aromatic nitrogens is 1. The lowest BCUT2D eigenvalue weighted by atomic mass is 10.0. The van der Waals surface area contributed by atoms with Gasteiger partial charge in [-0.15, -0.1) is 0 Å². The Balaban J connectivity index is 1.85. The number of ether oxygens (including phenoxy) is 1. The topological polar surface area (TPSA) is 43.7 Å². The summed E-state index contributed by atoms with van der Waals surface area (Å²) < 4.78 is 20.8. The van der Waals surface area contributed by atoms with E-state index in [1.54, 1.807) is 30.5 Å². The number of oxime groups is 1. The molecule has 0 saturated heterocycles. The first-order valence-corrected chi connectivity index (χ1v) is 8.44. The maximum atomic E-state index is 14.1. The largest absolute Gasteiger partial charge is 0.457 e. The number of benzene rings is 1. The standard InChI is InChI=1S/C18H18BrFN2O2/c1-11-10-21-14(16-9-17(19)22-24-16)8-15(11)23-13-6-4-5-12(7-13)18(2,3)20/h4-8,10,16H,9H2,1-3H3. The maximum absolute atomic E-state index is 14.1. The lowest BCUT2D eigenvalue weighted by Gasteiger charge is -2.17. The molecule has 1 aromatic heterocycles. The number of hydrogen-bond donors (Lipinski definition) is 0. The quantitative estimate of drug-likeness (QED) is 0.684. The van der Waals surface area contributed by atoms with Crippen LogP contribution >= 0.6 is 15.9 Å². The van der Waals surface area contributed by atoms with Crippen LogP contribution in [0.1, 0.15) is 43.2 Å². The summed E-state index contributed by atoms with van der Waals surface area (Å²) in [4.78, 5) is 9.73. The third kappa shape index (κ3) is 3.75. The Bertz CT molecular complexity index is 787. The van der Waals surface area contributed by atoms with Gasteiger partial charge in [0.2, 0.25) is 0 Å². The molecule has 24 heavy (non-hydrogen) atoms. The van der Waals surface area contributed by atoms with Gasteiger partial charge in [-0.05, 0) is 54.4 Å². The molecule has 0 saturated carbocycles. The van der Waals surface area contributed by atoms with Crippen molar-refractivity contribution in [3.63, 3.8) is 0 Å². The second-order valence-corrected chi connectivity index (χ2v) is 7.16. The van der Waals surface area contributed by atoms with Gasteiger partial charge in [0, 0.05) is 24.2 Å². The molecule has 1 aliphatic rings. The first-order valence-electron chi connectivity index (χ1n) is 7.65. The zero-order valence-electron chi connectivity index (χ0n) is 13.7. The number of nitrogens with zero attached hydrogens (tertiary/aromatic N) is 2. The molecule has 0 spiro atoms. The van der Waals surface area contributed by atoms with Crippen LogP contribution in [-0.2, 0) is 10.5 Å². The van der Waals surface area contributed by atoms with E-state index in [2.05, 4.69) is 26.1 Å². The normalized spacial score (nSPS) is 17.4. The minimum Gasteiger partial charge on any atom is -0.457 e. The number of hydrogen-bond acceptors (Lipinski definition) is 4. The molecular formula is C18H18BrFN2O2. The minimum absolute atomic E-state index is 0.224. The number of pyridine rings is 1. The first-order chi connectivity index (χ1) is 11.3. The lowest BCUT2D eigenvalue weighted by molar-refractivity contribution is 0.0824. The summed E-state index contributed by atoms with van der Waals surface area (Å²) in [5.41, 5.74) is 0.792. The van der Waals surface area contributed by atoms with E-state index in [-0.39, 0.29) is 6.10 Å². The van der Waals surface area contributed by atoms with E-state index in [1.807, 2.05) is 13.0 Å². The Morgan fingerprint density at radius 2 is 2.12 bits per heavy atom. The van der Waals surface area contributed by atoms with Crippen molar-refractivity contribution in [3.05, 3.63) is 53.3 Å². The van der Waals surface area contributed by atoms with E-state index in [4.69, 9.17) is 9.57 Å². The van der Waals surface area contributed by atoms with Crippen LogP contribution in [0.4, 0.5) is 4.39 Å². The van der Waals surface area contributed by atoms with Crippen molar-refractivity contribution in [1.82, 2.24) is 4.98 Å². The lowest BCUT2D eigenvalue weighted by Crippen LogP contribution is -2.08. The summed E-state index contributed by atoms with van der Waals surface area (Å²) >= 11 is 3.32. The fourth-order valence-corrected chi connectivity index (χ4v) is 2.75. The van der Waals surface area contributed by atoms with Crippen LogP contribution < -0.4 is 4.74 Å². The summed E-state index contributed by atoms with van der Waals surface area (Å²) in [5.74, 6) is 1.25. The molecule has 4 nitrogen and oxygen atoms in total. The average molecular weight is 393 g/mol. The molecule has 1 unspecified atom stereocenters. The molecule has 0 aliphatic carbocycles. The van der Waals surface area contributed by atoms with Crippen molar-refractivity contribution in [2.45, 2.75) is 39.0 Å². The van der Waals surface area contributed by atoms with Gasteiger partial charge in [-0.3, -0.25) is 4.98 Å². The molecule has 0 N–H and O–H groups in total. The molecule has 0 fully saturated rings. The Morgan fingerprint density at radius 3 is 2.79 bits per heavy atom. The molecule has 1 aliphatic heterocycles. The Morgan fingerprint density at radius 1 is 1.33 bits per heavy atom. The van der Waals surface area contributed by atoms with Gasteiger partial charge >= 0.3 is 0 Å². The van der Waals surface area contributed by atoms with Crippen molar-refractivity contribution in [2.75, 3.05) is 0 Å². The maximum Gasteiger partial charge on any atom is 0.175 e. The molecular weight excluding hydrogens is 375 g/mol. The van der Waals surface area contributed by atoms with Crippen LogP contribution in [0.5, 0.6) is 11.5 Å². The fraction of sp³-hybridized carbons (Fsp3) is 0.333. The summed E-state index contributed by atoms with van der Waals surface area (Å²) in [6, 6.07) is 8.90. The van der Waals surface area contributed by atoms with Crippen LogP contribution in [0.25, 0.3) is 0 Å². The van der Waals surface area contributed by atoms with Gasteiger partial charge in [0.1, 0.15) is 21.8 Å². The second kappa shape index (κ2) is 6.51. The molecule has 0 amide bonds. The Kier molecular flexibility index (Phi) is 4.58. The summed E-state index contributed by atoms with van der Waals surface area (Å²) in [7, 11) is 0. The van der Waals surface area contributed by atoms with E-state index in [9.17, 15) is 4.39 Å². The van der Waals surface area contributed by atoms with Gasteiger partial charge < -0.3 is 9.57 Å². The average Bonchev–Trinajstić information content (AvgIpc) is 2.95. The highest BCUT2D eigenvalue weighted by atomic mass is 79.9. The van der Waals surface area contributed by atoms with Gasteiger partial charge in [0.15, 0.2) is 6.10 Å². The molecule has 0 radical (unpaired) electrons. The number of alkyl halides is 1. The molecule has 1 atom stereocenters. The van der Waals surface area contributed by atoms with Gasteiger partial charge in [-0.25, -0.2) is 4.39 Å².